The Kier molecular flexibility index (Phi) is 4.76. The highest BCUT2D eigenvalue weighted by molar-refractivity contribution is 9.10. The van der Waals surface area contributed by atoms with Gasteiger partial charge in [0.1, 0.15) is 0 Å². The van der Waals surface area contributed by atoms with Crippen LogP contribution in [0.1, 0.15) is 23.2 Å². The number of amides is 1. The number of nitrogens with zero attached hydrogens (tertiary/aromatic N) is 2. The van der Waals surface area contributed by atoms with E-state index in [4.69, 9.17) is 0 Å². The van der Waals surface area contributed by atoms with Crippen LogP contribution in [0.2, 0.25) is 0 Å². The minimum Gasteiger partial charge on any atom is -0.358 e. The van der Waals surface area contributed by atoms with E-state index in [-0.39, 0.29) is 23.3 Å². The van der Waals surface area contributed by atoms with Crippen molar-refractivity contribution in [1.29, 1.82) is 0 Å². The van der Waals surface area contributed by atoms with Gasteiger partial charge in [0.2, 0.25) is 0 Å². The zero-order chi connectivity index (χ0) is 13.8. The lowest BCUT2D eigenvalue weighted by molar-refractivity contribution is -0.389. The predicted molar refractivity (Wildman–Crippen MR) is 76.4 cm³/mol. The predicted octanol–water partition coefficient (Wildman–Crippen LogP) is 2.38. The summed E-state index contributed by atoms with van der Waals surface area (Å²) in [5, 5.41) is 13.6. The summed E-state index contributed by atoms with van der Waals surface area (Å²) in [5.41, 5.74) is 0.247. The van der Waals surface area contributed by atoms with Gasteiger partial charge in [-0.15, -0.1) is 0 Å². The van der Waals surface area contributed by atoms with E-state index in [0.29, 0.717) is 4.47 Å². The van der Waals surface area contributed by atoms with Crippen molar-refractivity contribution >= 4 is 39.4 Å². The van der Waals surface area contributed by atoms with Crippen LogP contribution in [0.15, 0.2) is 16.7 Å². The average molecular weight is 346 g/mol. The van der Waals surface area contributed by atoms with Crippen LogP contribution in [0.4, 0.5) is 5.82 Å². The van der Waals surface area contributed by atoms with Gasteiger partial charge in [-0.25, -0.2) is 0 Å². The van der Waals surface area contributed by atoms with Crippen LogP contribution in [0.3, 0.4) is 0 Å². The highest BCUT2D eigenvalue weighted by Crippen LogP contribution is 2.21. The fourth-order valence-corrected chi connectivity index (χ4v) is 3.29. The molecule has 1 atom stereocenters. The molecule has 0 saturated carbocycles. The molecule has 1 unspecified atom stereocenters. The molecule has 1 aromatic rings. The first kappa shape index (κ1) is 14.3. The molecule has 8 heteroatoms. The third kappa shape index (κ3) is 3.66. The monoisotopic (exact) mass is 345 g/mol. The molecule has 1 amide bonds. The summed E-state index contributed by atoms with van der Waals surface area (Å²) < 4.78 is 0.457. The maximum Gasteiger partial charge on any atom is 0.364 e. The molecule has 1 N–H and O–H groups in total. The van der Waals surface area contributed by atoms with Gasteiger partial charge >= 0.3 is 5.82 Å². The fourth-order valence-electron chi connectivity index (χ4n) is 1.82. The summed E-state index contributed by atoms with van der Waals surface area (Å²) >= 11 is 5.00. The quantitative estimate of drug-likeness (QED) is 0.671. The first-order chi connectivity index (χ1) is 9.08. The lowest BCUT2D eigenvalue weighted by Crippen LogP contribution is -2.38. The number of rotatable bonds is 3. The van der Waals surface area contributed by atoms with Crippen molar-refractivity contribution in [3.8, 4) is 0 Å². The molecule has 1 aliphatic heterocycles. The van der Waals surface area contributed by atoms with Gasteiger partial charge in [0.05, 0.1) is 10.0 Å². The Hall–Kier alpha value is -1.15. The van der Waals surface area contributed by atoms with Crippen LogP contribution in [0, 0.1) is 10.1 Å². The lowest BCUT2D eigenvalue weighted by atomic mass is 10.1. The second-order valence-corrected chi connectivity index (χ2v) is 6.17. The molecule has 0 bridgehead atoms. The number of aromatic nitrogens is 1. The molecule has 1 saturated heterocycles. The zero-order valence-electron chi connectivity index (χ0n) is 9.97. The van der Waals surface area contributed by atoms with Gasteiger partial charge in [-0.2, -0.15) is 11.8 Å². The van der Waals surface area contributed by atoms with Crippen LogP contribution < -0.4 is 5.32 Å². The Labute approximate surface area is 122 Å². The second kappa shape index (κ2) is 6.33. The fraction of sp³-hybridized carbons (Fsp3) is 0.455. The van der Waals surface area contributed by atoms with Crippen LogP contribution in [0.5, 0.6) is 0 Å². The highest BCUT2D eigenvalue weighted by Gasteiger charge is 2.21. The van der Waals surface area contributed by atoms with Crippen molar-refractivity contribution < 1.29 is 9.72 Å². The number of carbonyl (C=O) groups is 1. The van der Waals surface area contributed by atoms with E-state index in [1.807, 2.05) is 0 Å². The summed E-state index contributed by atoms with van der Waals surface area (Å²) in [6, 6.07) is 1.32. The Balaban J connectivity index is 2.13. The molecule has 6 nitrogen and oxygen atoms in total. The smallest absolute Gasteiger partial charge is 0.358 e. The van der Waals surface area contributed by atoms with Crippen molar-refractivity contribution in [2.75, 3.05) is 11.5 Å². The van der Waals surface area contributed by atoms with E-state index < -0.39 is 4.92 Å². The zero-order valence-corrected chi connectivity index (χ0v) is 12.4. The molecule has 2 rings (SSSR count). The molecular weight excluding hydrogens is 334 g/mol. The maximum absolute atomic E-state index is 12.1. The Morgan fingerprint density at radius 3 is 3.05 bits per heavy atom. The highest BCUT2D eigenvalue weighted by atomic mass is 79.9. The number of carbonyl (C=O) groups excluding carboxylic acids is 1. The van der Waals surface area contributed by atoms with Gasteiger partial charge in [-0.05, 0) is 44.4 Å². The van der Waals surface area contributed by atoms with Crippen LogP contribution in [0.25, 0.3) is 0 Å². The molecule has 1 fully saturated rings. The van der Waals surface area contributed by atoms with Crippen LogP contribution in [-0.2, 0) is 0 Å². The Morgan fingerprint density at radius 1 is 1.63 bits per heavy atom. The lowest BCUT2D eigenvalue weighted by Gasteiger charge is -2.22. The van der Waals surface area contributed by atoms with E-state index in [2.05, 4.69) is 26.2 Å². The summed E-state index contributed by atoms with van der Waals surface area (Å²) in [6.45, 7) is 0. The molecule has 0 spiro atoms. The standard InChI is InChI=1S/C11H12BrN3O3S/c12-9-5-13-10(15(17)18)4-8(9)11(16)14-7-2-1-3-19-6-7/h4-5,7H,1-3,6H2,(H,14,16). The largest absolute Gasteiger partial charge is 0.364 e. The van der Waals surface area contributed by atoms with Gasteiger partial charge in [-0.3, -0.25) is 4.79 Å². The number of hydrogen-bond acceptors (Lipinski definition) is 5. The van der Waals surface area contributed by atoms with E-state index in [1.54, 1.807) is 11.8 Å². The Morgan fingerprint density at radius 2 is 2.42 bits per heavy atom. The second-order valence-electron chi connectivity index (χ2n) is 4.17. The van der Waals surface area contributed by atoms with E-state index in [9.17, 15) is 14.9 Å². The number of pyridine rings is 1. The summed E-state index contributed by atoms with van der Waals surface area (Å²) in [4.78, 5) is 25.8. The summed E-state index contributed by atoms with van der Waals surface area (Å²) in [5.74, 6) is 1.38. The molecule has 19 heavy (non-hydrogen) atoms. The molecule has 1 aromatic heterocycles. The summed E-state index contributed by atoms with van der Waals surface area (Å²) in [7, 11) is 0. The van der Waals surface area contributed by atoms with E-state index >= 15 is 0 Å². The van der Waals surface area contributed by atoms with Crippen molar-refractivity contribution in [3.63, 3.8) is 0 Å². The van der Waals surface area contributed by atoms with Crippen LogP contribution in [-0.4, -0.2) is 33.4 Å². The summed E-state index contributed by atoms with van der Waals surface area (Å²) in [6.07, 6.45) is 3.31. The molecule has 0 radical (unpaired) electrons. The molecule has 1 aliphatic rings. The van der Waals surface area contributed by atoms with Crippen LogP contribution >= 0.6 is 27.7 Å². The first-order valence-electron chi connectivity index (χ1n) is 5.76. The minimum atomic E-state index is -0.611. The minimum absolute atomic E-state index is 0.130. The first-order valence-corrected chi connectivity index (χ1v) is 7.71. The van der Waals surface area contributed by atoms with Crippen molar-refractivity contribution in [3.05, 3.63) is 32.4 Å². The van der Waals surface area contributed by atoms with Gasteiger partial charge < -0.3 is 15.4 Å². The molecule has 0 aromatic carbocycles. The number of halogens is 1. The SMILES string of the molecule is O=C(NC1CCCSC1)c1cc([N+](=O)[O-])ncc1Br. The maximum atomic E-state index is 12.1. The van der Waals surface area contributed by atoms with E-state index in [1.165, 1.54) is 12.3 Å². The number of thioether (sulfide) groups is 1. The Bertz CT molecular complexity index is 506. The van der Waals surface area contributed by atoms with Crippen molar-refractivity contribution in [2.45, 2.75) is 18.9 Å². The normalized spacial score (nSPS) is 18.9. The van der Waals surface area contributed by atoms with Crippen molar-refractivity contribution in [2.24, 2.45) is 0 Å². The number of nitro groups is 1. The van der Waals surface area contributed by atoms with Crippen molar-refractivity contribution in [1.82, 2.24) is 10.3 Å². The van der Waals surface area contributed by atoms with E-state index in [0.717, 1.165) is 24.3 Å². The average Bonchev–Trinajstić information content (AvgIpc) is 2.40. The third-order valence-electron chi connectivity index (χ3n) is 2.77. The van der Waals surface area contributed by atoms with Gasteiger partial charge in [-0.1, -0.05) is 0 Å². The number of nitrogens with one attached hydrogen (secondary N) is 1. The molecule has 102 valence electrons. The molecular formula is C11H12BrN3O3S. The molecule has 0 aliphatic carbocycles. The van der Waals surface area contributed by atoms with Gasteiger partial charge in [0, 0.05) is 17.9 Å². The number of hydrogen-bond donors (Lipinski definition) is 1. The molecule has 2 heterocycles. The van der Waals surface area contributed by atoms with Gasteiger partial charge in [0.15, 0.2) is 6.20 Å². The topological polar surface area (TPSA) is 85.1 Å². The third-order valence-corrected chi connectivity index (χ3v) is 4.62. The van der Waals surface area contributed by atoms with Gasteiger partial charge in [0.25, 0.3) is 5.91 Å².